The Balaban J connectivity index is 1.50. The number of carbonyl (C=O) groups is 1. The van der Waals surface area contributed by atoms with Gasteiger partial charge in [0.25, 0.3) is 0 Å². The minimum atomic E-state index is -1.81. The average Bonchev–Trinajstić information content (AvgIpc) is 3.02. The molecule has 0 aromatic heterocycles. The van der Waals surface area contributed by atoms with Gasteiger partial charge in [-0.05, 0) is 62.7 Å². The van der Waals surface area contributed by atoms with Gasteiger partial charge in [-0.1, -0.05) is 44.2 Å². The molecule has 0 unspecified atom stereocenters. The highest BCUT2D eigenvalue weighted by Gasteiger charge is 2.73. The molecular formula is C27H33FO4. The van der Waals surface area contributed by atoms with E-state index >= 15 is 4.39 Å². The third-order valence-electron chi connectivity index (χ3n) is 9.64. The lowest BCUT2D eigenvalue weighted by Gasteiger charge is -2.63. The van der Waals surface area contributed by atoms with Crippen LogP contribution < -0.4 is 4.74 Å². The predicted octanol–water partition coefficient (Wildman–Crippen LogP) is 4.91. The number of alkyl halides is 1. The normalized spacial score (nSPS) is 45.3. The molecule has 172 valence electrons. The molecule has 4 aliphatic rings. The summed E-state index contributed by atoms with van der Waals surface area (Å²) in [6, 6.07) is 9.23. The zero-order valence-electron chi connectivity index (χ0n) is 18.9. The standard InChI is InChI=1S/C27H33FO4/c1-17(32-20-7-5-4-6-8-20)26(31)14-12-21-22-10-9-18-15-19(29)11-13-24(18,2)27(22,28)23(30)16-25(21,26)3/h4-8,15,21-23,30-31H,1,9-14,16H2,2-3H3/t21-,22-,23+,24-,25-,26-,27-/m0/s1. The van der Waals surface area contributed by atoms with E-state index < -0.39 is 28.2 Å². The van der Waals surface area contributed by atoms with Crippen molar-refractivity contribution in [2.45, 2.75) is 76.2 Å². The molecule has 0 amide bonds. The first-order valence-corrected chi connectivity index (χ1v) is 11.8. The van der Waals surface area contributed by atoms with Crippen LogP contribution in [0.4, 0.5) is 4.39 Å². The van der Waals surface area contributed by atoms with Crippen LogP contribution in [-0.2, 0) is 4.79 Å². The molecule has 0 heterocycles. The van der Waals surface area contributed by atoms with E-state index in [0.29, 0.717) is 44.3 Å². The molecule has 2 N–H and O–H groups in total. The summed E-state index contributed by atoms with van der Waals surface area (Å²) in [5.41, 5.74) is -3.91. The molecule has 0 spiro atoms. The van der Waals surface area contributed by atoms with Gasteiger partial charge < -0.3 is 14.9 Å². The van der Waals surface area contributed by atoms with Gasteiger partial charge in [0.1, 0.15) is 22.8 Å². The lowest BCUT2D eigenvalue weighted by molar-refractivity contribution is -0.225. The highest BCUT2D eigenvalue weighted by molar-refractivity contribution is 5.91. The fourth-order valence-electron chi connectivity index (χ4n) is 7.75. The number of aliphatic hydroxyl groups is 2. The van der Waals surface area contributed by atoms with Gasteiger partial charge in [0.15, 0.2) is 5.78 Å². The Morgan fingerprint density at radius 3 is 2.56 bits per heavy atom. The lowest BCUT2D eigenvalue weighted by Crippen LogP contribution is -2.69. The molecule has 1 aromatic carbocycles. The number of carbonyl (C=O) groups excluding carboxylic acids is 1. The molecule has 5 rings (SSSR count). The molecule has 0 aliphatic heterocycles. The number of allylic oxidation sites excluding steroid dienone is 1. The molecule has 4 nitrogen and oxygen atoms in total. The predicted molar refractivity (Wildman–Crippen MR) is 120 cm³/mol. The monoisotopic (exact) mass is 440 g/mol. The Morgan fingerprint density at radius 1 is 1.12 bits per heavy atom. The zero-order valence-corrected chi connectivity index (χ0v) is 18.9. The maximum Gasteiger partial charge on any atom is 0.155 e. The summed E-state index contributed by atoms with van der Waals surface area (Å²) < 4.78 is 23.1. The Bertz CT molecular complexity index is 989. The van der Waals surface area contributed by atoms with E-state index in [-0.39, 0.29) is 29.8 Å². The van der Waals surface area contributed by atoms with Gasteiger partial charge in [0.2, 0.25) is 0 Å². The van der Waals surface area contributed by atoms with Crippen molar-refractivity contribution >= 4 is 5.78 Å². The van der Waals surface area contributed by atoms with Crippen molar-refractivity contribution in [3.63, 3.8) is 0 Å². The van der Waals surface area contributed by atoms with E-state index in [0.717, 1.165) is 5.57 Å². The minimum Gasteiger partial charge on any atom is -0.459 e. The molecule has 0 bridgehead atoms. The van der Waals surface area contributed by atoms with Crippen molar-refractivity contribution in [3.05, 3.63) is 54.3 Å². The highest BCUT2D eigenvalue weighted by Crippen LogP contribution is 2.71. The summed E-state index contributed by atoms with van der Waals surface area (Å²) in [5.74, 6) is 0.427. The van der Waals surface area contributed by atoms with E-state index in [1.807, 2.05) is 44.2 Å². The summed E-state index contributed by atoms with van der Waals surface area (Å²) in [5, 5.41) is 23.3. The second kappa shape index (κ2) is 7.01. The smallest absolute Gasteiger partial charge is 0.155 e. The second-order valence-electron chi connectivity index (χ2n) is 10.9. The summed E-state index contributed by atoms with van der Waals surface area (Å²) in [4.78, 5) is 12.0. The average molecular weight is 441 g/mol. The summed E-state index contributed by atoms with van der Waals surface area (Å²) in [7, 11) is 0. The molecule has 5 heteroatoms. The Labute approximate surface area is 189 Å². The van der Waals surface area contributed by atoms with Crippen molar-refractivity contribution < 1.29 is 24.1 Å². The van der Waals surface area contributed by atoms with Crippen LogP contribution in [-0.4, -0.2) is 33.4 Å². The van der Waals surface area contributed by atoms with Crippen molar-refractivity contribution in [3.8, 4) is 5.75 Å². The molecule has 3 fully saturated rings. The molecule has 32 heavy (non-hydrogen) atoms. The van der Waals surface area contributed by atoms with E-state index in [9.17, 15) is 15.0 Å². The van der Waals surface area contributed by atoms with Gasteiger partial charge >= 0.3 is 0 Å². The van der Waals surface area contributed by atoms with Gasteiger partial charge in [0.05, 0.1) is 6.10 Å². The third-order valence-corrected chi connectivity index (χ3v) is 9.64. The van der Waals surface area contributed by atoms with Crippen molar-refractivity contribution in [1.29, 1.82) is 0 Å². The van der Waals surface area contributed by atoms with E-state index in [4.69, 9.17) is 4.74 Å². The van der Waals surface area contributed by atoms with Crippen LogP contribution in [0.3, 0.4) is 0 Å². The van der Waals surface area contributed by atoms with E-state index in [1.165, 1.54) is 0 Å². The number of ketones is 1. The fourth-order valence-corrected chi connectivity index (χ4v) is 7.75. The second-order valence-corrected chi connectivity index (χ2v) is 10.9. The molecule has 3 saturated carbocycles. The number of aliphatic hydroxyl groups excluding tert-OH is 1. The van der Waals surface area contributed by atoms with Crippen LogP contribution in [0.15, 0.2) is 54.3 Å². The SMILES string of the molecule is C=C(Oc1ccccc1)[C@@]1(O)CC[C@H]2[C@@H]3CCC4=CC(=O)CC[C@]4(C)[C@@]3(F)[C@H](O)C[C@@]21C. The van der Waals surface area contributed by atoms with Gasteiger partial charge in [0, 0.05) is 23.2 Å². The van der Waals surface area contributed by atoms with E-state index in [2.05, 4.69) is 6.58 Å². The molecular weight excluding hydrogens is 407 g/mol. The first-order chi connectivity index (χ1) is 15.1. The fraction of sp³-hybridized carbons (Fsp3) is 0.593. The van der Waals surface area contributed by atoms with Gasteiger partial charge in [-0.3, -0.25) is 4.79 Å². The maximum atomic E-state index is 17.1. The van der Waals surface area contributed by atoms with Crippen LogP contribution in [0.1, 0.15) is 58.8 Å². The summed E-state index contributed by atoms with van der Waals surface area (Å²) >= 11 is 0. The zero-order chi connectivity index (χ0) is 22.9. The highest BCUT2D eigenvalue weighted by atomic mass is 19.1. The van der Waals surface area contributed by atoms with Gasteiger partial charge in [-0.2, -0.15) is 0 Å². The van der Waals surface area contributed by atoms with E-state index in [1.54, 1.807) is 6.08 Å². The minimum absolute atomic E-state index is 0.0549. The number of rotatable bonds is 3. The van der Waals surface area contributed by atoms with Crippen LogP contribution in [0.25, 0.3) is 0 Å². The van der Waals surface area contributed by atoms with Crippen LogP contribution >= 0.6 is 0 Å². The first-order valence-electron chi connectivity index (χ1n) is 11.8. The largest absolute Gasteiger partial charge is 0.459 e. The van der Waals surface area contributed by atoms with Crippen LogP contribution in [0.2, 0.25) is 0 Å². The summed E-state index contributed by atoms with van der Waals surface area (Å²) in [6.07, 6.45) is 3.60. The van der Waals surface area contributed by atoms with Crippen LogP contribution in [0, 0.1) is 22.7 Å². The van der Waals surface area contributed by atoms with Gasteiger partial charge in [-0.25, -0.2) is 4.39 Å². The molecule has 7 atom stereocenters. The number of fused-ring (bicyclic) bond motifs is 5. The quantitative estimate of drug-likeness (QED) is 0.656. The summed E-state index contributed by atoms with van der Waals surface area (Å²) in [6.45, 7) is 7.93. The third kappa shape index (κ3) is 2.64. The van der Waals surface area contributed by atoms with Crippen LogP contribution in [0.5, 0.6) is 5.75 Å². The van der Waals surface area contributed by atoms with Crippen molar-refractivity contribution in [2.24, 2.45) is 22.7 Å². The molecule has 4 aliphatic carbocycles. The first kappa shape index (κ1) is 21.8. The number of ether oxygens (including phenoxy) is 1. The Hall–Kier alpha value is -1.98. The number of benzene rings is 1. The maximum absolute atomic E-state index is 17.1. The van der Waals surface area contributed by atoms with Crippen molar-refractivity contribution in [1.82, 2.24) is 0 Å². The number of para-hydroxylation sites is 1. The number of halogens is 1. The molecule has 1 aromatic rings. The molecule has 0 radical (unpaired) electrons. The topological polar surface area (TPSA) is 66.8 Å². The lowest BCUT2D eigenvalue weighted by atomic mass is 9.44. The molecule has 0 saturated heterocycles. The van der Waals surface area contributed by atoms with Crippen molar-refractivity contribution in [2.75, 3.05) is 0 Å². The Morgan fingerprint density at radius 2 is 1.84 bits per heavy atom. The number of hydrogen-bond donors (Lipinski definition) is 2. The number of hydrogen-bond acceptors (Lipinski definition) is 4. The van der Waals surface area contributed by atoms with Gasteiger partial charge in [-0.15, -0.1) is 0 Å². The Kier molecular flexibility index (Phi) is 4.78.